The zero-order valence-corrected chi connectivity index (χ0v) is 10.6. The van der Waals surface area contributed by atoms with E-state index in [1.807, 2.05) is 0 Å². The van der Waals surface area contributed by atoms with Crippen molar-refractivity contribution in [2.75, 3.05) is 0 Å². The number of aromatic amines is 1. The number of tetrazole rings is 1. The molecule has 0 saturated carbocycles. The fourth-order valence-corrected chi connectivity index (χ4v) is 2.04. The highest BCUT2D eigenvalue weighted by Gasteiger charge is 2.30. The van der Waals surface area contributed by atoms with Gasteiger partial charge in [-0.3, -0.25) is 0 Å². The molecule has 0 radical (unpaired) electrons. The number of rotatable bonds is 2. The highest BCUT2D eigenvalue weighted by Crippen LogP contribution is 2.33. The summed E-state index contributed by atoms with van der Waals surface area (Å²) in [5, 5.41) is 13.7. The molecule has 0 bridgehead atoms. The lowest BCUT2D eigenvalue weighted by Gasteiger charge is -2.09. The second-order valence-corrected chi connectivity index (χ2v) is 4.36. The first-order chi connectivity index (χ1) is 10.1. The van der Waals surface area contributed by atoms with Crippen molar-refractivity contribution in [2.24, 2.45) is 0 Å². The maximum absolute atomic E-state index is 12.6. The Balaban J connectivity index is 2.06. The van der Waals surface area contributed by atoms with Crippen molar-refractivity contribution >= 4 is 0 Å². The quantitative estimate of drug-likeness (QED) is 0.785. The van der Waals surface area contributed by atoms with Gasteiger partial charge in [-0.05, 0) is 28.5 Å². The number of benzene rings is 2. The molecule has 4 nitrogen and oxygen atoms in total. The maximum Gasteiger partial charge on any atom is 0.416 e. The molecule has 1 aromatic heterocycles. The average Bonchev–Trinajstić information content (AvgIpc) is 3.01. The van der Waals surface area contributed by atoms with Gasteiger partial charge in [0.15, 0.2) is 0 Å². The van der Waals surface area contributed by atoms with Crippen LogP contribution in [-0.2, 0) is 6.18 Å². The summed E-state index contributed by atoms with van der Waals surface area (Å²) in [4.78, 5) is 0. The van der Waals surface area contributed by atoms with Gasteiger partial charge in [0.05, 0.1) is 5.56 Å². The Labute approximate surface area is 117 Å². The molecule has 7 heteroatoms. The minimum absolute atomic E-state index is 0.394. The lowest BCUT2D eigenvalue weighted by atomic mass is 9.98. The fraction of sp³-hybridized carbons (Fsp3) is 0.0714. The molecule has 0 aliphatic heterocycles. The van der Waals surface area contributed by atoms with E-state index < -0.39 is 11.7 Å². The summed E-state index contributed by atoms with van der Waals surface area (Å²) in [6, 6.07) is 12.2. The van der Waals surface area contributed by atoms with Crippen LogP contribution in [0.1, 0.15) is 5.56 Å². The molecule has 0 spiro atoms. The summed E-state index contributed by atoms with van der Waals surface area (Å²) in [5.41, 5.74) is 1.42. The molecule has 1 heterocycles. The first kappa shape index (κ1) is 13.3. The number of halogens is 3. The average molecular weight is 290 g/mol. The zero-order chi connectivity index (χ0) is 14.9. The topological polar surface area (TPSA) is 54.5 Å². The normalized spacial score (nSPS) is 11.6. The van der Waals surface area contributed by atoms with E-state index in [1.54, 1.807) is 24.3 Å². The first-order valence-electron chi connectivity index (χ1n) is 6.06. The van der Waals surface area contributed by atoms with Crippen molar-refractivity contribution in [2.45, 2.75) is 6.18 Å². The van der Waals surface area contributed by atoms with Crippen LogP contribution in [0.4, 0.5) is 13.2 Å². The van der Waals surface area contributed by atoms with Gasteiger partial charge in [-0.2, -0.15) is 18.4 Å². The largest absolute Gasteiger partial charge is 0.416 e. The molecule has 1 N–H and O–H groups in total. The van der Waals surface area contributed by atoms with Gasteiger partial charge in [0, 0.05) is 5.56 Å². The number of hydrogen-bond acceptors (Lipinski definition) is 3. The van der Waals surface area contributed by atoms with Crippen LogP contribution in [0, 0.1) is 0 Å². The van der Waals surface area contributed by atoms with Crippen LogP contribution in [0.15, 0.2) is 48.5 Å². The maximum atomic E-state index is 12.6. The predicted octanol–water partition coefficient (Wildman–Crippen LogP) is 3.55. The zero-order valence-electron chi connectivity index (χ0n) is 10.6. The van der Waals surface area contributed by atoms with Crippen LogP contribution in [0.2, 0.25) is 0 Å². The number of hydrogen-bond donors (Lipinski definition) is 1. The lowest BCUT2D eigenvalue weighted by molar-refractivity contribution is -0.137. The van der Waals surface area contributed by atoms with E-state index in [0.717, 1.165) is 17.7 Å². The van der Waals surface area contributed by atoms with Gasteiger partial charge < -0.3 is 0 Å². The van der Waals surface area contributed by atoms with Crippen molar-refractivity contribution in [1.82, 2.24) is 20.6 Å². The molecular formula is C14H9F3N4. The lowest BCUT2D eigenvalue weighted by Crippen LogP contribution is -2.04. The summed E-state index contributed by atoms with van der Waals surface area (Å²) in [6.07, 6.45) is -4.34. The minimum atomic E-state index is -4.34. The van der Waals surface area contributed by atoms with E-state index in [4.69, 9.17) is 0 Å². The predicted molar refractivity (Wildman–Crippen MR) is 70.1 cm³/mol. The van der Waals surface area contributed by atoms with Crippen LogP contribution >= 0.6 is 0 Å². The smallest absolute Gasteiger partial charge is 0.177 e. The van der Waals surface area contributed by atoms with Crippen molar-refractivity contribution in [3.05, 3.63) is 54.1 Å². The molecule has 3 rings (SSSR count). The van der Waals surface area contributed by atoms with Crippen LogP contribution in [0.25, 0.3) is 22.5 Å². The van der Waals surface area contributed by atoms with E-state index in [9.17, 15) is 13.2 Å². The van der Waals surface area contributed by atoms with Gasteiger partial charge in [0.1, 0.15) is 0 Å². The van der Waals surface area contributed by atoms with E-state index >= 15 is 0 Å². The monoisotopic (exact) mass is 290 g/mol. The summed E-state index contributed by atoms with van der Waals surface area (Å²) in [6.45, 7) is 0. The SMILES string of the molecule is FC(F)(F)c1ccc(-c2ccccc2-c2nn[nH]n2)cc1. The summed E-state index contributed by atoms with van der Waals surface area (Å²) >= 11 is 0. The van der Waals surface area contributed by atoms with Crippen molar-refractivity contribution < 1.29 is 13.2 Å². The molecule has 0 amide bonds. The number of alkyl halides is 3. The second kappa shape index (κ2) is 5.01. The van der Waals surface area contributed by atoms with Gasteiger partial charge >= 0.3 is 6.18 Å². The molecule has 3 aromatic rings. The van der Waals surface area contributed by atoms with E-state index in [1.165, 1.54) is 12.1 Å². The fourth-order valence-electron chi connectivity index (χ4n) is 2.04. The molecule has 0 unspecified atom stereocenters. The summed E-state index contributed by atoms with van der Waals surface area (Å²) in [7, 11) is 0. The standard InChI is InChI=1S/C14H9F3N4/c15-14(16,17)10-7-5-9(6-8-10)11-3-1-2-4-12(11)13-18-20-21-19-13/h1-8H,(H,18,19,20,21). The van der Waals surface area contributed by atoms with Gasteiger partial charge in [0.25, 0.3) is 0 Å². The molecule has 106 valence electrons. The number of nitrogens with zero attached hydrogens (tertiary/aromatic N) is 3. The van der Waals surface area contributed by atoms with Gasteiger partial charge in [-0.25, -0.2) is 0 Å². The second-order valence-electron chi connectivity index (χ2n) is 4.36. The van der Waals surface area contributed by atoms with Crippen molar-refractivity contribution in [1.29, 1.82) is 0 Å². The van der Waals surface area contributed by atoms with Gasteiger partial charge in [0.2, 0.25) is 5.82 Å². The summed E-state index contributed by atoms with van der Waals surface area (Å²) in [5.74, 6) is 0.394. The number of aromatic nitrogens is 4. The third-order valence-corrected chi connectivity index (χ3v) is 3.04. The van der Waals surface area contributed by atoms with Crippen LogP contribution < -0.4 is 0 Å². The Bertz CT molecular complexity index is 734. The molecule has 2 aromatic carbocycles. The van der Waals surface area contributed by atoms with Crippen LogP contribution in [0.3, 0.4) is 0 Å². The minimum Gasteiger partial charge on any atom is -0.177 e. The Morgan fingerprint density at radius 2 is 1.52 bits per heavy atom. The van der Waals surface area contributed by atoms with E-state index in [0.29, 0.717) is 17.0 Å². The molecule has 0 saturated heterocycles. The Kier molecular flexibility index (Phi) is 3.17. The molecule has 0 atom stereocenters. The third kappa shape index (κ3) is 2.62. The molecular weight excluding hydrogens is 281 g/mol. The molecule has 21 heavy (non-hydrogen) atoms. The molecule has 0 aliphatic carbocycles. The van der Waals surface area contributed by atoms with Crippen molar-refractivity contribution in [3.63, 3.8) is 0 Å². The van der Waals surface area contributed by atoms with Crippen molar-refractivity contribution in [3.8, 4) is 22.5 Å². The van der Waals surface area contributed by atoms with Gasteiger partial charge in [-0.15, -0.1) is 10.2 Å². The Morgan fingerprint density at radius 1 is 0.857 bits per heavy atom. The molecule has 0 fully saturated rings. The summed E-state index contributed by atoms with van der Waals surface area (Å²) < 4.78 is 37.8. The molecule has 0 aliphatic rings. The Morgan fingerprint density at radius 3 is 2.10 bits per heavy atom. The van der Waals surface area contributed by atoms with Crippen LogP contribution in [-0.4, -0.2) is 20.6 Å². The van der Waals surface area contributed by atoms with E-state index in [2.05, 4.69) is 20.6 Å². The number of nitrogens with one attached hydrogen (secondary N) is 1. The Hall–Kier alpha value is -2.70. The van der Waals surface area contributed by atoms with Crippen LogP contribution in [0.5, 0.6) is 0 Å². The highest BCUT2D eigenvalue weighted by molar-refractivity contribution is 5.80. The third-order valence-electron chi connectivity index (χ3n) is 3.04. The first-order valence-corrected chi connectivity index (χ1v) is 6.06. The van der Waals surface area contributed by atoms with E-state index in [-0.39, 0.29) is 0 Å². The number of H-pyrrole nitrogens is 1. The highest BCUT2D eigenvalue weighted by atomic mass is 19.4. The van der Waals surface area contributed by atoms with Gasteiger partial charge in [-0.1, -0.05) is 36.4 Å².